The van der Waals surface area contributed by atoms with Crippen molar-refractivity contribution in [3.63, 3.8) is 0 Å². The minimum absolute atomic E-state index is 0.0282. The van der Waals surface area contributed by atoms with Gasteiger partial charge in [0.1, 0.15) is 5.75 Å². The van der Waals surface area contributed by atoms with Crippen molar-refractivity contribution in [1.82, 2.24) is 5.32 Å². The zero-order chi connectivity index (χ0) is 9.97. The molecule has 0 spiro atoms. The van der Waals surface area contributed by atoms with Crippen LogP contribution >= 0.6 is 0 Å². The van der Waals surface area contributed by atoms with Crippen LogP contribution in [0.1, 0.15) is 12.0 Å². The zero-order valence-electron chi connectivity index (χ0n) is 7.86. The predicted octanol–water partition coefficient (Wildman–Crippen LogP) is 0.866. The van der Waals surface area contributed by atoms with Gasteiger partial charge >= 0.3 is 0 Å². The lowest BCUT2D eigenvalue weighted by molar-refractivity contribution is -0.118. The second-order valence-electron chi connectivity index (χ2n) is 3.59. The Morgan fingerprint density at radius 1 is 1.36 bits per heavy atom. The van der Waals surface area contributed by atoms with E-state index < -0.39 is 0 Å². The Labute approximate surface area is 82.8 Å². The van der Waals surface area contributed by atoms with E-state index in [1.165, 1.54) is 0 Å². The molecule has 1 atom stereocenters. The van der Waals surface area contributed by atoms with E-state index in [-0.39, 0.29) is 17.6 Å². The van der Waals surface area contributed by atoms with E-state index in [1.807, 2.05) is 12.1 Å². The lowest BCUT2D eigenvalue weighted by Crippen LogP contribution is -2.29. The molecule has 0 radical (unpaired) electrons. The van der Waals surface area contributed by atoms with Crippen LogP contribution in [-0.2, 0) is 11.2 Å². The summed E-state index contributed by atoms with van der Waals surface area (Å²) in [6, 6.07) is 6.97. The van der Waals surface area contributed by atoms with Crippen LogP contribution < -0.4 is 5.32 Å². The first-order chi connectivity index (χ1) is 6.75. The summed E-state index contributed by atoms with van der Waals surface area (Å²) >= 11 is 0. The van der Waals surface area contributed by atoms with Crippen molar-refractivity contribution in [3.05, 3.63) is 29.8 Å². The molecule has 1 aliphatic heterocycles. The fraction of sp³-hybridized carbons (Fsp3) is 0.364. The topological polar surface area (TPSA) is 49.3 Å². The highest BCUT2D eigenvalue weighted by Gasteiger charge is 2.23. The Balaban J connectivity index is 2.03. The van der Waals surface area contributed by atoms with Crippen LogP contribution in [0, 0.1) is 0 Å². The van der Waals surface area contributed by atoms with E-state index in [2.05, 4.69) is 5.32 Å². The highest BCUT2D eigenvalue weighted by molar-refractivity contribution is 5.86. The normalized spacial score (nSPS) is 21.4. The molecule has 1 aromatic carbocycles. The number of rotatable bonds is 2. The highest BCUT2D eigenvalue weighted by atomic mass is 16.3. The van der Waals surface area contributed by atoms with Gasteiger partial charge in [0.2, 0.25) is 0 Å². The number of carbonyl (C=O) groups is 1. The van der Waals surface area contributed by atoms with E-state index in [0.29, 0.717) is 6.42 Å². The molecule has 14 heavy (non-hydrogen) atoms. The van der Waals surface area contributed by atoms with Gasteiger partial charge in [-0.2, -0.15) is 0 Å². The van der Waals surface area contributed by atoms with Gasteiger partial charge in [0.25, 0.3) is 0 Å². The van der Waals surface area contributed by atoms with Gasteiger partial charge in [-0.25, -0.2) is 0 Å². The van der Waals surface area contributed by atoms with Crippen LogP contribution in [0.25, 0.3) is 0 Å². The van der Waals surface area contributed by atoms with Crippen molar-refractivity contribution in [1.29, 1.82) is 0 Å². The number of benzene rings is 1. The number of nitrogens with one attached hydrogen (secondary N) is 1. The molecule has 1 unspecified atom stereocenters. The number of phenolic OH excluding ortho intramolecular Hbond substituents is 1. The molecule has 3 heteroatoms. The highest BCUT2D eigenvalue weighted by Crippen LogP contribution is 2.13. The summed E-state index contributed by atoms with van der Waals surface area (Å²) < 4.78 is 0. The summed E-state index contributed by atoms with van der Waals surface area (Å²) in [5, 5.41) is 12.2. The third kappa shape index (κ3) is 1.93. The van der Waals surface area contributed by atoms with Gasteiger partial charge in [0.05, 0.1) is 6.04 Å². The van der Waals surface area contributed by atoms with Gasteiger partial charge in [0.15, 0.2) is 5.78 Å². The van der Waals surface area contributed by atoms with E-state index in [0.717, 1.165) is 18.5 Å². The van der Waals surface area contributed by atoms with Crippen molar-refractivity contribution < 1.29 is 9.90 Å². The van der Waals surface area contributed by atoms with Gasteiger partial charge in [-0.15, -0.1) is 0 Å². The van der Waals surface area contributed by atoms with E-state index in [9.17, 15) is 4.79 Å². The van der Waals surface area contributed by atoms with Crippen molar-refractivity contribution in [2.24, 2.45) is 0 Å². The van der Waals surface area contributed by atoms with Gasteiger partial charge in [0, 0.05) is 13.0 Å². The lowest BCUT2D eigenvalue weighted by atomic mass is 10.0. The van der Waals surface area contributed by atoms with Crippen molar-refractivity contribution in [2.75, 3.05) is 6.54 Å². The Morgan fingerprint density at radius 2 is 2.07 bits per heavy atom. The SMILES string of the molecule is O=C1CCNC1Cc1ccc(O)cc1. The molecule has 2 N–H and O–H groups in total. The summed E-state index contributed by atoms with van der Waals surface area (Å²) in [6.45, 7) is 0.793. The van der Waals surface area contributed by atoms with Crippen LogP contribution in [0.4, 0.5) is 0 Å². The van der Waals surface area contributed by atoms with Gasteiger partial charge < -0.3 is 10.4 Å². The second-order valence-corrected chi connectivity index (χ2v) is 3.59. The molecule has 2 rings (SSSR count). The van der Waals surface area contributed by atoms with E-state index in [1.54, 1.807) is 12.1 Å². The first-order valence-corrected chi connectivity index (χ1v) is 4.80. The molecule has 0 amide bonds. The number of phenols is 1. The van der Waals surface area contributed by atoms with Crippen LogP contribution in [-0.4, -0.2) is 23.5 Å². The summed E-state index contributed by atoms with van der Waals surface area (Å²) in [4.78, 5) is 11.3. The maximum absolute atomic E-state index is 11.3. The van der Waals surface area contributed by atoms with Crippen LogP contribution in [0.5, 0.6) is 5.75 Å². The van der Waals surface area contributed by atoms with Crippen molar-refractivity contribution >= 4 is 5.78 Å². The Kier molecular flexibility index (Phi) is 2.50. The summed E-state index contributed by atoms with van der Waals surface area (Å²) in [7, 11) is 0. The minimum atomic E-state index is -0.0282. The first-order valence-electron chi connectivity index (χ1n) is 4.80. The molecule has 1 saturated heterocycles. The number of hydrogen-bond acceptors (Lipinski definition) is 3. The zero-order valence-corrected chi connectivity index (χ0v) is 7.86. The molecular weight excluding hydrogens is 178 g/mol. The number of Topliss-reactive ketones (excluding diaryl/α,β-unsaturated/α-hetero) is 1. The molecule has 0 aromatic heterocycles. The Hall–Kier alpha value is -1.35. The summed E-state index contributed by atoms with van der Waals surface area (Å²) in [6.07, 6.45) is 1.36. The maximum atomic E-state index is 11.3. The maximum Gasteiger partial charge on any atom is 0.151 e. The van der Waals surface area contributed by atoms with Crippen LogP contribution in [0.2, 0.25) is 0 Å². The third-order valence-corrected chi connectivity index (χ3v) is 2.53. The molecule has 0 saturated carbocycles. The molecule has 0 bridgehead atoms. The summed E-state index contributed by atoms with van der Waals surface area (Å²) in [5.41, 5.74) is 1.08. The molecule has 1 fully saturated rings. The van der Waals surface area contributed by atoms with Crippen molar-refractivity contribution in [3.8, 4) is 5.75 Å². The smallest absolute Gasteiger partial charge is 0.151 e. The predicted molar refractivity (Wildman–Crippen MR) is 53.2 cm³/mol. The molecule has 1 aromatic rings. The van der Waals surface area contributed by atoms with E-state index >= 15 is 0 Å². The lowest BCUT2D eigenvalue weighted by Gasteiger charge is -2.08. The average molecular weight is 191 g/mol. The second kappa shape index (κ2) is 3.80. The standard InChI is InChI=1S/C11H13NO2/c13-9-3-1-8(2-4-9)7-10-11(14)5-6-12-10/h1-4,10,12-13H,5-7H2. The molecule has 1 aliphatic rings. The largest absolute Gasteiger partial charge is 0.508 e. The Morgan fingerprint density at radius 3 is 2.64 bits per heavy atom. The summed E-state index contributed by atoms with van der Waals surface area (Å²) in [5.74, 6) is 0.553. The van der Waals surface area contributed by atoms with Crippen LogP contribution in [0.3, 0.4) is 0 Å². The van der Waals surface area contributed by atoms with Crippen LogP contribution in [0.15, 0.2) is 24.3 Å². The molecule has 74 valence electrons. The molecular formula is C11H13NO2. The number of hydrogen-bond donors (Lipinski definition) is 2. The van der Waals surface area contributed by atoms with Crippen molar-refractivity contribution in [2.45, 2.75) is 18.9 Å². The molecule has 3 nitrogen and oxygen atoms in total. The molecule has 1 heterocycles. The fourth-order valence-electron chi connectivity index (χ4n) is 1.71. The molecule has 0 aliphatic carbocycles. The number of ketones is 1. The monoisotopic (exact) mass is 191 g/mol. The third-order valence-electron chi connectivity index (χ3n) is 2.53. The van der Waals surface area contributed by atoms with Gasteiger partial charge in [-0.3, -0.25) is 4.79 Å². The minimum Gasteiger partial charge on any atom is -0.508 e. The number of aromatic hydroxyl groups is 1. The Bertz CT molecular complexity index is 332. The first kappa shape index (κ1) is 9.21. The average Bonchev–Trinajstić information content (AvgIpc) is 2.56. The quantitative estimate of drug-likeness (QED) is 0.729. The number of carbonyl (C=O) groups excluding carboxylic acids is 1. The van der Waals surface area contributed by atoms with Gasteiger partial charge in [-0.1, -0.05) is 12.1 Å². The van der Waals surface area contributed by atoms with E-state index in [4.69, 9.17) is 5.11 Å². The van der Waals surface area contributed by atoms with Gasteiger partial charge in [-0.05, 0) is 24.1 Å². The fourth-order valence-corrected chi connectivity index (χ4v) is 1.71.